The second-order valence-electron chi connectivity index (χ2n) is 5.71. The molecule has 130 valence electrons. The third-order valence-corrected chi connectivity index (χ3v) is 3.95. The summed E-state index contributed by atoms with van der Waals surface area (Å²) in [5, 5.41) is 11.6. The number of amides is 2. The van der Waals surface area contributed by atoms with Crippen LogP contribution in [0.2, 0.25) is 0 Å². The van der Waals surface area contributed by atoms with Gasteiger partial charge in [-0.3, -0.25) is 9.59 Å². The summed E-state index contributed by atoms with van der Waals surface area (Å²) in [6, 6.07) is 0.967. The second kappa shape index (κ2) is 7.37. The second-order valence-corrected chi connectivity index (χ2v) is 5.71. The number of carbonyl (C=O) groups is 3. The van der Waals surface area contributed by atoms with Crippen molar-refractivity contribution in [3.63, 3.8) is 0 Å². The Hall–Kier alpha value is -2.51. The van der Waals surface area contributed by atoms with Crippen molar-refractivity contribution in [2.45, 2.75) is 38.3 Å². The number of likely N-dealkylation sites (tertiary alicyclic amines) is 1. The third kappa shape index (κ3) is 4.06. The Morgan fingerprint density at radius 2 is 2.08 bits per heavy atom. The Kier molecular flexibility index (Phi) is 5.48. The molecule has 0 saturated carbocycles. The molecule has 0 bridgehead atoms. The quantitative estimate of drug-likeness (QED) is 0.852. The van der Waals surface area contributed by atoms with Crippen molar-refractivity contribution >= 4 is 17.8 Å². The van der Waals surface area contributed by atoms with Gasteiger partial charge < -0.3 is 15.3 Å². The number of nitrogens with one attached hydrogen (secondary N) is 1. The largest absolute Gasteiger partial charge is 0.480 e. The Balaban J connectivity index is 2.21. The number of aliphatic carboxylic acids is 1. The summed E-state index contributed by atoms with van der Waals surface area (Å²) < 4.78 is 27.0. The highest BCUT2D eigenvalue weighted by molar-refractivity contribution is 5.85. The number of nitrogens with zero attached hydrogens (tertiary/aromatic N) is 1. The maximum Gasteiger partial charge on any atom is 0.326 e. The topological polar surface area (TPSA) is 86.7 Å². The molecule has 8 heteroatoms. The summed E-state index contributed by atoms with van der Waals surface area (Å²) in [5.74, 6) is -3.72. The molecule has 1 aromatic carbocycles. The van der Waals surface area contributed by atoms with E-state index in [0.29, 0.717) is 25.5 Å². The van der Waals surface area contributed by atoms with Crippen molar-refractivity contribution in [1.29, 1.82) is 0 Å². The van der Waals surface area contributed by atoms with E-state index in [-0.39, 0.29) is 12.0 Å². The van der Waals surface area contributed by atoms with Gasteiger partial charge in [0.15, 0.2) is 0 Å². The van der Waals surface area contributed by atoms with Gasteiger partial charge in [0.05, 0.1) is 12.5 Å². The first-order valence-electron chi connectivity index (χ1n) is 7.54. The van der Waals surface area contributed by atoms with Crippen LogP contribution in [0.1, 0.15) is 37.8 Å². The van der Waals surface area contributed by atoms with Crippen molar-refractivity contribution in [1.82, 2.24) is 10.2 Å². The number of halogens is 2. The monoisotopic (exact) mass is 340 g/mol. The number of rotatable bonds is 5. The average Bonchev–Trinajstić information content (AvgIpc) is 2.95. The summed E-state index contributed by atoms with van der Waals surface area (Å²) in [7, 11) is 0. The lowest BCUT2D eigenvalue weighted by atomic mass is 10.0. The van der Waals surface area contributed by atoms with Crippen LogP contribution < -0.4 is 5.32 Å². The van der Waals surface area contributed by atoms with Crippen LogP contribution in [0.25, 0.3) is 0 Å². The van der Waals surface area contributed by atoms with Crippen LogP contribution in [-0.2, 0) is 14.4 Å². The smallest absolute Gasteiger partial charge is 0.326 e. The molecule has 0 radical (unpaired) electrons. The molecule has 1 aliphatic heterocycles. The Morgan fingerprint density at radius 1 is 1.38 bits per heavy atom. The van der Waals surface area contributed by atoms with Gasteiger partial charge in [0, 0.05) is 25.1 Å². The van der Waals surface area contributed by atoms with Crippen LogP contribution in [-0.4, -0.2) is 40.4 Å². The van der Waals surface area contributed by atoms with Crippen molar-refractivity contribution in [2.75, 3.05) is 6.54 Å². The van der Waals surface area contributed by atoms with Gasteiger partial charge in [0.2, 0.25) is 11.8 Å². The number of carboxylic acid groups (broad SMARTS) is 1. The normalized spacial score (nSPS) is 18.3. The van der Waals surface area contributed by atoms with E-state index in [1.54, 1.807) is 0 Å². The van der Waals surface area contributed by atoms with Gasteiger partial charge in [0.1, 0.15) is 17.7 Å². The van der Waals surface area contributed by atoms with E-state index < -0.39 is 41.5 Å². The molecule has 1 fully saturated rings. The molecule has 2 N–H and O–H groups in total. The summed E-state index contributed by atoms with van der Waals surface area (Å²) in [6.07, 6.45) is 0.626. The summed E-state index contributed by atoms with van der Waals surface area (Å²) in [5.41, 5.74) is -0.0222. The summed E-state index contributed by atoms with van der Waals surface area (Å²) in [6.45, 7) is 1.52. The Labute approximate surface area is 137 Å². The van der Waals surface area contributed by atoms with E-state index >= 15 is 0 Å². The molecule has 2 amide bonds. The lowest BCUT2D eigenvalue weighted by molar-refractivity contribution is -0.148. The molecule has 1 aliphatic rings. The number of carboxylic acids is 1. The van der Waals surface area contributed by atoms with Crippen molar-refractivity contribution in [2.24, 2.45) is 0 Å². The minimum atomic E-state index is -1.09. The fourth-order valence-electron chi connectivity index (χ4n) is 2.88. The first-order valence-corrected chi connectivity index (χ1v) is 7.54. The Morgan fingerprint density at radius 3 is 2.67 bits per heavy atom. The predicted molar refractivity (Wildman–Crippen MR) is 79.9 cm³/mol. The van der Waals surface area contributed by atoms with E-state index in [9.17, 15) is 23.2 Å². The molecular formula is C16H18F2N2O4. The minimum absolute atomic E-state index is 0.0222. The minimum Gasteiger partial charge on any atom is -0.480 e. The highest BCUT2D eigenvalue weighted by atomic mass is 19.1. The fourth-order valence-corrected chi connectivity index (χ4v) is 2.88. The first-order chi connectivity index (χ1) is 11.3. The van der Waals surface area contributed by atoms with Gasteiger partial charge in [-0.2, -0.15) is 0 Å². The lowest BCUT2D eigenvalue weighted by Crippen LogP contribution is -2.42. The SMILES string of the molecule is CC(=O)NC(CC(=O)N1CCC[C@@H]1C(=O)O)c1ccc(F)cc1F. The van der Waals surface area contributed by atoms with Crippen LogP contribution in [0.3, 0.4) is 0 Å². The van der Waals surface area contributed by atoms with E-state index in [2.05, 4.69) is 5.32 Å². The van der Waals surface area contributed by atoms with E-state index in [0.717, 1.165) is 12.1 Å². The predicted octanol–water partition coefficient (Wildman–Crippen LogP) is 1.61. The van der Waals surface area contributed by atoms with Crippen LogP contribution >= 0.6 is 0 Å². The molecule has 1 aromatic rings. The molecule has 1 unspecified atom stereocenters. The highest BCUT2D eigenvalue weighted by Crippen LogP contribution is 2.25. The standard InChI is InChI=1S/C16H18F2N2O4/c1-9(21)19-13(11-5-4-10(17)7-12(11)18)8-15(22)20-6-2-3-14(20)16(23)24/h4-5,7,13-14H,2-3,6,8H2,1H3,(H,19,21)(H,23,24)/t13?,14-/m1/s1. The molecule has 6 nitrogen and oxygen atoms in total. The van der Waals surface area contributed by atoms with E-state index in [1.807, 2.05) is 0 Å². The van der Waals surface area contributed by atoms with Crippen molar-refractivity contribution < 1.29 is 28.3 Å². The molecule has 2 rings (SSSR count). The molecule has 1 saturated heterocycles. The van der Waals surface area contributed by atoms with Gasteiger partial charge in [-0.1, -0.05) is 6.07 Å². The van der Waals surface area contributed by atoms with Crippen molar-refractivity contribution in [3.05, 3.63) is 35.4 Å². The van der Waals surface area contributed by atoms with E-state index in [1.165, 1.54) is 11.8 Å². The fraction of sp³-hybridized carbons (Fsp3) is 0.438. The third-order valence-electron chi connectivity index (χ3n) is 3.95. The molecule has 0 spiro atoms. The highest BCUT2D eigenvalue weighted by Gasteiger charge is 2.35. The maximum absolute atomic E-state index is 14.0. The van der Waals surface area contributed by atoms with Gasteiger partial charge in [-0.15, -0.1) is 0 Å². The van der Waals surface area contributed by atoms with Crippen LogP contribution in [0.5, 0.6) is 0 Å². The molecule has 24 heavy (non-hydrogen) atoms. The molecule has 0 aromatic heterocycles. The lowest BCUT2D eigenvalue weighted by Gasteiger charge is -2.25. The number of hydrogen-bond donors (Lipinski definition) is 2. The molecule has 1 heterocycles. The number of carbonyl (C=O) groups excluding carboxylic acids is 2. The molecular weight excluding hydrogens is 322 g/mol. The zero-order chi connectivity index (χ0) is 17.9. The molecule has 2 atom stereocenters. The number of hydrogen-bond acceptors (Lipinski definition) is 3. The summed E-state index contributed by atoms with van der Waals surface area (Å²) in [4.78, 5) is 36.2. The maximum atomic E-state index is 14.0. The van der Waals surface area contributed by atoms with Crippen LogP contribution in [0, 0.1) is 11.6 Å². The molecule has 0 aliphatic carbocycles. The number of benzene rings is 1. The van der Waals surface area contributed by atoms with E-state index in [4.69, 9.17) is 5.11 Å². The summed E-state index contributed by atoms with van der Waals surface area (Å²) >= 11 is 0. The van der Waals surface area contributed by atoms with Gasteiger partial charge >= 0.3 is 5.97 Å². The van der Waals surface area contributed by atoms with Gasteiger partial charge in [-0.05, 0) is 18.9 Å². The van der Waals surface area contributed by atoms with Crippen molar-refractivity contribution in [3.8, 4) is 0 Å². The first kappa shape index (κ1) is 17.8. The average molecular weight is 340 g/mol. The van der Waals surface area contributed by atoms with Crippen LogP contribution in [0.15, 0.2) is 18.2 Å². The zero-order valence-corrected chi connectivity index (χ0v) is 13.1. The van der Waals surface area contributed by atoms with Crippen LogP contribution in [0.4, 0.5) is 8.78 Å². The Bertz CT molecular complexity index is 665. The van der Waals surface area contributed by atoms with Gasteiger partial charge in [0.25, 0.3) is 0 Å². The van der Waals surface area contributed by atoms with Gasteiger partial charge in [-0.25, -0.2) is 13.6 Å². The zero-order valence-electron chi connectivity index (χ0n) is 13.1.